The molecule has 2 aromatic carbocycles. The van der Waals surface area contributed by atoms with Crippen LogP contribution in [0, 0.1) is 0 Å². The number of hydrogen-bond acceptors (Lipinski definition) is 3. The van der Waals surface area contributed by atoms with E-state index in [4.69, 9.17) is 0 Å². The zero-order valence-corrected chi connectivity index (χ0v) is 17.4. The van der Waals surface area contributed by atoms with Gasteiger partial charge in [0.25, 0.3) is 5.91 Å². The molecule has 0 aromatic heterocycles. The summed E-state index contributed by atoms with van der Waals surface area (Å²) in [5.74, 6) is -0.101. The molecule has 1 aliphatic rings. The standard InChI is InChI=1S/C22H25F3N4O2/c1-27(2)19-10-9-17(22(23,24)25)15-18(19)26-21(31)29-12-6-11-28(13-14-29)20(30)16-7-4-3-5-8-16/h3-5,7-10,15H,6,11-14H2,1-2H3,(H,26,31). The lowest BCUT2D eigenvalue weighted by Crippen LogP contribution is -2.39. The van der Waals surface area contributed by atoms with Crippen LogP contribution < -0.4 is 10.2 Å². The number of carbonyl (C=O) groups is 2. The Morgan fingerprint density at radius 1 is 0.935 bits per heavy atom. The Labute approximate surface area is 179 Å². The average molecular weight is 434 g/mol. The Morgan fingerprint density at radius 2 is 1.58 bits per heavy atom. The highest BCUT2D eigenvalue weighted by molar-refractivity contribution is 5.95. The summed E-state index contributed by atoms with van der Waals surface area (Å²) in [6.07, 6.45) is -3.93. The molecule has 2 aromatic rings. The molecule has 1 saturated heterocycles. The third kappa shape index (κ3) is 5.48. The van der Waals surface area contributed by atoms with Crippen molar-refractivity contribution in [2.75, 3.05) is 50.5 Å². The van der Waals surface area contributed by atoms with Gasteiger partial charge in [-0.3, -0.25) is 4.79 Å². The summed E-state index contributed by atoms with van der Waals surface area (Å²) in [5.41, 5.74) is 0.312. The monoisotopic (exact) mass is 434 g/mol. The number of alkyl halides is 3. The van der Waals surface area contributed by atoms with Gasteiger partial charge in [-0.25, -0.2) is 4.79 Å². The topological polar surface area (TPSA) is 55.9 Å². The molecular weight excluding hydrogens is 409 g/mol. The zero-order valence-electron chi connectivity index (χ0n) is 17.4. The Kier molecular flexibility index (Phi) is 6.72. The Morgan fingerprint density at radius 3 is 2.23 bits per heavy atom. The number of urea groups is 1. The van der Waals surface area contributed by atoms with E-state index in [9.17, 15) is 22.8 Å². The van der Waals surface area contributed by atoms with Crippen LogP contribution in [0.3, 0.4) is 0 Å². The second kappa shape index (κ2) is 9.28. The molecule has 0 atom stereocenters. The maximum absolute atomic E-state index is 13.1. The molecule has 0 saturated carbocycles. The molecule has 1 N–H and O–H groups in total. The molecule has 9 heteroatoms. The van der Waals surface area contributed by atoms with E-state index in [1.54, 1.807) is 48.2 Å². The average Bonchev–Trinajstić information content (AvgIpc) is 2.99. The van der Waals surface area contributed by atoms with Crippen LogP contribution in [0.15, 0.2) is 48.5 Å². The molecule has 1 heterocycles. The van der Waals surface area contributed by atoms with Crippen LogP contribution in [-0.4, -0.2) is 62.0 Å². The molecule has 0 aliphatic carbocycles. The summed E-state index contributed by atoms with van der Waals surface area (Å²) in [6.45, 7) is 1.55. The lowest BCUT2D eigenvalue weighted by Gasteiger charge is -2.25. The van der Waals surface area contributed by atoms with Crippen molar-refractivity contribution in [1.29, 1.82) is 0 Å². The highest BCUT2D eigenvalue weighted by atomic mass is 19.4. The lowest BCUT2D eigenvalue weighted by molar-refractivity contribution is -0.137. The van der Waals surface area contributed by atoms with Gasteiger partial charge >= 0.3 is 12.2 Å². The van der Waals surface area contributed by atoms with Crippen LogP contribution in [0.25, 0.3) is 0 Å². The smallest absolute Gasteiger partial charge is 0.376 e. The first-order valence-corrected chi connectivity index (χ1v) is 9.95. The summed E-state index contributed by atoms with van der Waals surface area (Å²) >= 11 is 0. The Hall–Kier alpha value is -3.23. The third-order valence-electron chi connectivity index (χ3n) is 5.14. The predicted octanol–water partition coefficient (Wildman–Crippen LogP) is 4.15. The quantitative estimate of drug-likeness (QED) is 0.790. The van der Waals surface area contributed by atoms with E-state index < -0.39 is 17.8 Å². The van der Waals surface area contributed by atoms with Crippen molar-refractivity contribution in [3.8, 4) is 0 Å². The molecule has 0 spiro atoms. The normalized spacial score (nSPS) is 14.7. The van der Waals surface area contributed by atoms with Gasteiger partial charge in [0.15, 0.2) is 0 Å². The van der Waals surface area contributed by atoms with Gasteiger partial charge in [0.1, 0.15) is 0 Å². The minimum Gasteiger partial charge on any atom is -0.376 e. The summed E-state index contributed by atoms with van der Waals surface area (Å²) < 4.78 is 39.4. The van der Waals surface area contributed by atoms with Crippen molar-refractivity contribution in [3.05, 3.63) is 59.7 Å². The summed E-state index contributed by atoms with van der Waals surface area (Å²) in [6, 6.07) is 11.7. The molecule has 0 unspecified atom stereocenters. The van der Waals surface area contributed by atoms with Crippen LogP contribution in [-0.2, 0) is 6.18 Å². The summed E-state index contributed by atoms with van der Waals surface area (Å²) in [7, 11) is 3.38. The molecule has 3 amide bonds. The van der Waals surface area contributed by atoms with Gasteiger partial charge in [-0.1, -0.05) is 18.2 Å². The highest BCUT2D eigenvalue weighted by Crippen LogP contribution is 2.35. The van der Waals surface area contributed by atoms with Crippen LogP contribution in [0.5, 0.6) is 0 Å². The largest absolute Gasteiger partial charge is 0.416 e. The lowest BCUT2D eigenvalue weighted by atomic mass is 10.1. The number of halogens is 3. The van der Waals surface area contributed by atoms with E-state index in [0.29, 0.717) is 43.9 Å². The molecule has 166 valence electrons. The number of amides is 3. The minimum absolute atomic E-state index is 0.0892. The first-order chi connectivity index (χ1) is 14.7. The van der Waals surface area contributed by atoms with Gasteiger partial charge in [-0.05, 0) is 36.8 Å². The van der Waals surface area contributed by atoms with Crippen molar-refractivity contribution in [3.63, 3.8) is 0 Å². The Bertz CT molecular complexity index is 932. The van der Waals surface area contributed by atoms with Crippen molar-refractivity contribution in [1.82, 2.24) is 9.80 Å². The van der Waals surface area contributed by atoms with Gasteiger partial charge < -0.3 is 20.0 Å². The highest BCUT2D eigenvalue weighted by Gasteiger charge is 2.32. The number of rotatable bonds is 3. The summed E-state index contributed by atoms with van der Waals surface area (Å²) in [5, 5.41) is 2.62. The first-order valence-electron chi connectivity index (χ1n) is 9.95. The minimum atomic E-state index is -4.51. The van der Waals surface area contributed by atoms with Crippen LogP contribution in [0.1, 0.15) is 22.3 Å². The Balaban J connectivity index is 1.70. The van der Waals surface area contributed by atoms with Crippen molar-refractivity contribution >= 4 is 23.3 Å². The van der Waals surface area contributed by atoms with Crippen molar-refractivity contribution in [2.45, 2.75) is 12.6 Å². The maximum Gasteiger partial charge on any atom is 0.416 e. The fraction of sp³-hybridized carbons (Fsp3) is 0.364. The van der Waals surface area contributed by atoms with Crippen LogP contribution >= 0.6 is 0 Å². The van der Waals surface area contributed by atoms with Crippen LogP contribution in [0.2, 0.25) is 0 Å². The predicted molar refractivity (Wildman–Crippen MR) is 113 cm³/mol. The van der Waals surface area contributed by atoms with Gasteiger partial charge in [-0.15, -0.1) is 0 Å². The molecule has 1 aliphatic heterocycles. The molecule has 1 fully saturated rings. The van der Waals surface area contributed by atoms with E-state index in [0.717, 1.165) is 12.1 Å². The zero-order chi connectivity index (χ0) is 22.6. The fourth-order valence-corrected chi connectivity index (χ4v) is 3.48. The number of carbonyl (C=O) groups excluding carboxylic acids is 2. The SMILES string of the molecule is CN(C)c1ccc(C(F)(F)F)cc1NC(=O)N1CCCN(C(=O)c2ccccc2)CC1. The second-order valence-corrected chi connectivity index (χ2v) is 7.55. The molecule has 31 heavy (non-hydrogen) atoms. The maximum atomic E-state index is 13.1. The van der Waals surface area contributed by atoms with E-state index in [1.807, 2.05) is 6.07 Å². The molecule has 6 nitrogen and oxygen atoms in total. The van der Waals surface area contributed by atoms with Gasteiger partial charge in [0, 0.05) is 45.8 Å². The van der Waals surface area contributed by atoms with Gasteiger partial charge in [0.05, 0.1) is 16.9 Å². The van der Waals surface area contributed by atoms with E-state index >= 15 is 0 Å². The number of benzene rings is 2. The number of hydrogen-bond donors (Lipinski definition) is 1. The first kappa shape index (κ1) is 22.5. The van der Waals surface area contributed by atoms with Gasteiger partial charge in [-0.2, -0.15) is 13.2 Å². The van der Waals surface area contributed by atoms with E-state index in [2.05, 4.69) is 5.32 Å². The van der Waals surface area contributed by atoms with Crippen molar-refractivity contribution < 1.29 is 22.8 Å². The fourth-order valence-electron chi connectivity index (χ4n) is 3.48. The summed E-state index contributed by atoms with van der Waals surface area (Å²) in [4.78, 5) is 30.3. The van der Waals surface area contributed by atoms with Crippen LogP contribution in [0.4, 0.5) is 29.3 Å². The van der Waals surface area contributed by atoms with E-state index in [-0.39, 0.29) is 11.6 Å². The second-order valence-electron chi connectivity index (χ2n) is 7.55. The van der Waals surface area contributed by atoms with Crippen molar-refractivity contribution in [2.24, 2.45) is 0 Å². The molecule has 0 bridgehead atoms. The number of nitrogens with zero attached hydrogens (tertiary/aromatic N) is 3. The third-order valence-corrected chi connectivity index (χ3v) is 5.14. The number of anilines is 2. The molecule has 3 rings (SSSR count). The molecule has 0 radical (unpaired) electrons. The molecular formula is C22H25F3N4O2. The van der Waals surface area contributed by atoms with E-state index in [1.165, 1.54) is 11.0 Å². The van der Waals surface area contributed by atoms with Gasteiger partial charge in [0.2, 0.25) is 0 Å². The number of nitrogens with one attached hydrogen (secondary N) is 1.